The van der Waals surface area contributed by atoms with Crippen LogP contribution in [0, 0.1) is 11.3 Å². The molecule has 1 fully saturated rings. The number of hydrogen-bond acceptors (Lipinski definition) is 2. The summed E-state index contributed by atoms with van der Waals surface area (Å²) in [5, 5.41) is 12.5. The van der Waals surface area contributed by atoms with Crippen molar-refractivity contribution < 1.29 is 14.6 Å². The van der Waals surface area contributed by atoms with Crippen molar-refractivity contribution in [2.75, 3.05) is 31.5 Å². The number of nitrogens with zero attached hydrogens (tertiary/aromatic N) is 1. The lowest BCUT2D eigenvalue weighted by Gasteiger charge is -2.32. The van der Waals surface area contributed by atoms with Gasteiger partial charge in [0.25, 0.3) is 5.91 Å². The Hall–Kier alpha value is -2.39. The fourth-order valence-corrected chi connectivity index (χ4v) is 3.71. The molecule has 0 aliphatic carbocycles. The summed E-state index contributed by atoms with van der Waals surface area (Å²) in [5.41, 5.74) is 2.69. The van der Waals surface area contributed by atoms with E-state index < -0.39 is 0 Å². The highest BCUT2D eigenvalue weighted by Gasteiger charge is 2.31. The van der Waals surface area contributed by atoms with Gasteiger partial charge in [0.1, 0.15) is 32.7 Å². The molecule has 2 aromatic rings. The van der Waals surface area contributed by atoms with Crippen LogP contribution in [0.5, 0.6) is 0 Å². The second-order valence-corrected chi connectivity index (χ2v) is 7.55. The van der Waals surface area contributed by atoms with Crippen LogP contribution in [0.2, 0.25) is 5.02 Å². The molecule has 0 radical (unpaired) electrons. The Labute approximate surface area is 165 Å². The van der Waals surface area contributed by atoms with E-state index in [1.54, 1.807) is 12.1 Å². The summed E-state index contributed by atoms with van der Waals surface area (Å²) in [7, 11) is 0. The van der Waals surface area contributed by atoms with E-state index in [2.05, 4.69) is 11.4 Å². The molecule has 1 aliphatic rings. The zero-order chi connectivity index (χ0) is 19.2. The van der Waals surface area contributed by atoms with Crippen molar-refractivity contribution in [3.63, 3.8) is 0 Å². The Bertz CT molecular complexity index is 823. The molecule has 5 nitrogen and oxygen atoms in total. The van der Waals surface area contributed by atoms with Crippen LogP contribution in [0.1, 0.15) is 18.1 Å². The number of nitrogens with one attached hydrogen (secondary N) is 3. The first-order valence-corrected chi connectivity index (χ1v) is 9.66. The van der Waals surface area contributed by atoms with Gasteiger partial charge in [-0.3, -0.25) is 4.79 Å². The standard InChI is InChI=1S/C21H23ClN4O/c1-16(21(27)24-20-4-2-3-19(22)13-20)26-11-9-25(10-12-26)15-18-7-5-17(14-23)6-8-18/h2-8,13,16H,9-12,15H2,1H3,(H,24,27)/p+2/t16-/m1/s1. The maximum absolute atomic E-state index is 12.5. The van der Waals surface area contributed by atoms with E-state index in [1.165, 1.54) is 15.4 Å². The number of piperazine rings is 1. The second kappa shape index (κ2) is 9.01. The molecule has 0 saturated carbocycles. The third-order valence-corrected chi connectivity index (χ3v) is 5.47. The van der Waals surface area contributed by atoms with Crippen LogP contribution in [0.25, 0.3) is 0 Å². The first kappa shape index (κ1) is 19.4. The largest absolute Gasteiger partial charge is 0.322 e. The van der Waals surface area contributed by atoms with Gasteiger partial charge in [-0.05, 0) is 37.3 Å². The van der Waals surface area contributed by atoms with E-state index >= 15 is 0 Å². The zero-order valence-electron chi connectivity index (χ0n) is 15.5. The molecule has 27 heavy (non-hydrogen) atoms. The summed E-state index contributed by atoms with van der Waals surface area (Å²) < 4.78 is 0. The highest BCUT2D eigenvalue weighted by Crippen LogP contribution is 2.14. The first-order valence-electron chi connectivity index (χ1n) is 9.29. The highest BCUT2D eigenvalue weighted by molar-refractivity contribution is 6.30. The van der Waals surface area contributed by atoms with Crippen molar-refractivity contribution in [2.24, 2.45) is 0 Å². The average molecular weight is 385 g/mol. The van der Waals surface area contributed by atoms with Gasteiger partial charge in [0.05, 0.1) is 11.6 Å². The average Bonchev–Trinajstić information content (AvgIpc) is 2.68. The van der Waals surface area contributed by atoms with Crippen LogP contribution < -0.4 is 15.1 Å². The number of quaternary nitrogens is 2. The van der Waals surface area contributed by atoms with Crippen LogP contribution in [0.15, 0.2) is 48.5 Å². The Morgan fingerprint density at radius 1 is 1.19 bits per heavy atom. The lowest BCUT2D eigenvalue weighted by atomic mass is 10.1. The van der Waals surface area contributed by atoms with Crippen LogP contribution in [0.3, 0.4) is 0 Å². The molecule has 0 unspecified atom stereocenters. The Kier molecular flexibility index (Phi) is 6.46. The van der Waals surface area contributed by atoms with Crippen molar-refractivity contribution in [2.45, 2.75) is 19.5 Å². The van der Waals surface area contributed by atoms with Gasteiger partial charge < -0.3 is 15.1 Å². The maximum atomic E-state index is 12.5. The normalized spacial score (nSPS) is 20.5. The lowest BCUT2D eigenvalue weighted by molar-refractivity contribution is -1.02. The van der Waals surface area contributed by atoms with Gasteiger partial charge >= 0.3 is 0 Å². The molecule has 1 aliphatic heterocycles. The number of rotatable bonds is 5. The van der Waals surface area contributed by atoms with Gasteiger partial charge in [0.15, 0.2) is 6.04 Å². The predicted molar refractivity (Wildman–Crippen MR) is 106 cm³/mol. The molecule has 1 saturated heterocycles. The molecule has 0 aromatic heterocycles. The number of halogens is 1. The molecule has 1 atom stereocenters. The van der Waals surface area contributed by atoms with Crippen molar-refractivity contribution in [3.8, 4) is 6.07 Å². The highest BCUT2D eigenvalue weighted by atomic mass is 35.5. The van der Waals surface area contributed by atoms with E-state index in [0.717, 1.165) is 38.4 Å². The number of hydrogen-bond donors (Lipinski definition) is 3. The number of anilines is 1. The van der Waals surface area contributed by atoms with E-state index in [9.17, 15) is 4.79 Å². The van der Waals surface area contributed by atoms with E-state index in [-0.39, 0.29) is 11.9 Å². The van der Waals surface area contributed by atoms with E-state index in [4.69, 9.17) is 16.9 Å². The van der Waals surface area contributed by atoms with Crippen molar-refractivity contribution in [3.05, 3.63) is 64.7 Å². The summed E-state index contributed by atoms with van der Waals surface area (Å²) in [6, 6.07) is 17.1. The monoisotopic (exact) mass is 384 g/mol. The van der Waals surface area contributed by atoms with Gasteiger partial charge in [-0.2, -0.15) is 5.26 Å². The van der Waals surface area contributed by atoms with Crippen molar-refractivity contribution in [1.29, 1.82) is 5.26 Å². The smallest absolute Gasteiger partial charge is 0.282 e. The molecule has 140 valence electrons. The minimum Gasteiger partial charge on any atom is -0.322 e. The zero-order valence-corrected chi connectivity index (χ0v) is 16.2. The van der Waals surface area contributed by atoms with Crippen molar-refractivity contribution >= 4 is 23.2 Å². The molecule has 1 heterocycles. The summed E-state index contributed by atoms with van der Waals surface area (Å²) >= 11 is 5.98. The fraction of sp³-hybridized carbons (Fsp3) is 0.333. The van der Waals surface area contributed by atoms with Gasteiger partial charge in [-0.25, -0.2) is 0 Å². The summed E-state index contributed by atoms with van der Waals surface area (Å²) in [5.74, 6) is 0.0304. The number of amides is 1. The molecule has 6 heteroatoms. The number of carbonyl (C=O) groups excluding carboxylic acids is 1. The molecular formula is C21H25ClN4O+2. The van der Waals surface area contributed by atoms with Crippen LogP contribution >= 0.6 is 11.6 Å². The Morgan fingerprint density at radius 2 is 1.89 bits per heavy atom. The third kappa shape index (κ3) is 5.30. The fourth-order valence-electron chi connectivity index (χ4n) is 3.52. The van der Waals surface area contributed by atoms with Gasteiger partial charge in [-0.15, -0.1) is 0 Å². The summed E-state index contributed by atoms with van der Waals surface area (Å²) in [4.78, 5) is 15.4. The van der Waals surface area contributed by atoms with Crippen LogP contribution in [-0.2, 0) is 11.3 Å². The molecule has 0 bridgehead atoms. The molecule has 3 rings (SSSR count). The maximum Gasteiger partial charge on any atom is 0.282 e. The lowest BCUT2D eigenvalue weighted by Crippen LogP contribution is -3.29. The summed E-state index contributed by atoms with van der Waals surface area (Å²) in [6.07, 6.45) is 0. The first-order chi connectivity index (χ1) is 13.0. The Morgan fingerprint density at radius 3 is 2.52 bits per heavy atom. The molecule has 1 amide bonds. The van der Waals surface area contributed by atoms with Crippen molar-refractivity contribution in [1.82, 2.24) is 0 Å². The SMILES string of the molecule is C[C@H](C(=O)Nc1cccc(Cl)c1)[NH+]1CC[NH+](Cc2ccc(C#N)cc2)CC1. The minimum atomic E-state index is -0.0968. The molecular weight excluding hydrogens is 360 g/mol. The topological polar surface area (TPSA) is 61.8 Å². The van der Waals surface area contributed by atoms with E-state index in [1.807, 2.05) is 43.3 Å². The predicted octanol–water partition coefficient (Wildman–Crippen LogP) is 0.522. The summed E-state index contributed by atoms with van der Waals surface area (Å²) in [6.45, 7) is 6.95. The van der Waals surface area contributed by atoms with Crippen LogP contribution in [-0.4, -0.2) is 38.1 Å². The minimum absolute atomic E-state index is 0.0304. The number of nitriles is 1. The van der Waals surface area contributed by atoms with E-state index in [0.29, 0.717) is 10.6 Å². The third-order valence-electron chi connectivity index (χ3n) is 5.23. The second-order valence-electron chi connectivity index (χ2n) is 7.12. The van der Waals surface area contributed by atoms with Gasteiger partial charge in [0, 0.05) is 16.3 Å². The molecule has 0 spiro atoms. The van der Waals surface area contributed by atoms with Gasteiger partial charge in [-0.1, -0.05) is 29.8 Å². The molecule has 2 aromatic carbocycles. The Balaban J connectivity index is 1.49. The van der Waals surface area contributed by atoms with Crippen LogP contribution in [0.4, 0.5) is 5.69 Å². The number of benzene rings is 2. The quantitative estimate of drug-likeness (QED) is 0.704. The molecule has 3 N–H and O–H groups in total. The van der Waals surface area contributed by atoms with Gasteiger partial charge in [0.2, 0.25) is 0 Å². The number of carbonyl (C=O) groups is 1.